The normalized spacial score (nSPS) is 12.3. The van der Waals surface area contributed by atoms with E-state index in [1.54, 1.807) is 36.4 Å². The van der Waals surface area contributed by atoms with Crippen molar-refractivity contribution in [2.24, 2.45) is 20.5 Å². The maximum atomic E-state index is 11.9. The lowest BCUT2D eigenvalue weighted by atomic mass is 9.95. The molecule has 0 saturated heterocycles. The molecule has 8 N–H and O–H groups in total. The molecule has 0 aliphatic heterocycles. The molecule has 7 aromatic carbocycles. The number of aliphatic hydroxyl groups excluding tert-OH is 2. The second kappa shape index (κ2) is 15.3. The number of benzene rings is 7. The molecule has 0 amide bonds. The summed E-state index contributed by atoms with van der Waals surface area (Å²) in [5, 5.41) is 82.3. The largest absolute Gasteiger partial charge is 0.507 e. The molecule has 0 saturated carbocycles. The van der Waals surface area contributed by atoms with Crippen molar-refractivity contribution in [2.75, 3.05) is 0 Å². The second-order valence-corrected chi connectivity index (χ2v) is 15.5. The van der Waals surface area contributed by atoms with E-state index >= 15 is 0 Å². The Morgan fingerprint density at radius 1 is 0.448 bits per heavy atom. The zero-order valence-electron chi connectivity index (χ0n) is 29.6. The maximum Gasteiger partial charge on any atom is 0.295 e. The van der Waals surface area contributed by atoms with Crippen molar-refractivity contribution >= 4 is 64.5 Å². The van der Waals surface area contributed by atoms with Crippen molar-refractivity contribution in [1.82, 2.24) is 0 Å². The van der Waals surface area contributed by atoms with Gasteiger partial charge in [0, 0.05) is 38.2 Å². The molecule has 18 heteroatoms. The van der Waals surface area contributed by atoms with E-state index in [2.05, 4.69) is 20.5 Å². The Balaban J connectivity index is 1.26. The SMILES string of the molecule is O=S(=O)(O)c1ccc(N=Nc2cc(CO)c(O)c(-c3ccc(-c4cc(CO)c(O)c(N=Nc5ccc(S(=O)(=O)O)c6ccccc56)c4O)cc3)c2O)c2ccccc12. The number of hydrogen-bond acceptors (Lipinski definition) is 14. The highest BCUT2D eigenvalue weighted by atomic mass is 32.2. The number of phenols is 4. The van der Waals surface area contributed by atoms with E-state index < -0.39 is 62.1 Å². The third-order valence-corrected chi connectivity index (χ3v) is 11.1. The fraction of sp³-hybridized carbons (Fsp3) is 0.0500. The molecule has 0 bridgehead atoms. The number of phenolic OH excluding ortho intramolecular Hbond substituents is 2. The minimum absolute atomic E-state index is 0.0171. The lowest BCUT2D eigenvalue weighted by molar-refractivity contribution is 0.275. The van der Waals surface area contributed by atoms with E-state index in [0.29, 0.717) is 16.3 Å². The third kappa shape index (κ3) is 7.29. The molecule has 0 spiro atoms. The van der Waals surface area contributed by atoms with Crippen molar-refractivity contribution < 1.29 is 56.6 Å². The number of nitrogens with zero attached hydrogens (tertiary/aromatic N) is 4. The minimum Gasteiger partial charge on any atom is -0.507 e. The van der Waals surface area contributed by atoms with Gasteiger partial charge in [0.2, 0.25) is 0 Å². The summed E-state index contributed by atoms with van der Waals surface area (Å²) in [5.41, 5.74) is 0.203. The number of aliphatic hydroxyl groups is 2. The Morgan fingerprint density at radius 2 is 0.897 bits per heavy atom. The summed E-state index contributed by atoms with van der Waals surface area (Å²) in [5.74, 6) is -2.12. The van der Waals surface area contributed by atoms with Crippen LogP contribution in [0.15, 0.2) is 139 Å². The number of aromatic hydroxyl groups is 4. The van der Waals surface area contributed by atoms with E-state index in [1.165, 1.54) is 60.7 Å². The van der Waals surface area contributed by atoms with Gasteiger partial charge in [-0.3, -0.25) is 9.11 Å². The van der Waals surface area contributed by atoms with Crippen molar-refractivity contribution in [2.45, 2.75) is 23.0 Å². The summed E-state index contributed by atoms with van der Waals surface area (Å²) in [6.07, 6.45) is 0. The van der Waals surface area contributed by atoms with Crippen molar-refractivity contribution in [1.29, 1.82) is 0 Å². The molecular formula is C40H30N4O12S2. The topological polar surface area (TPSA) is 280 Å². The van der Waals surface area contributed by atoms with Crippen LogP contribution < -0.4 is 0 Å². The highest BCUT2D eigenvalue weighted by molar-refractivity contribution is 7.86. The van der Waals surface area contributed by atoms with Gasteiger partial charge in [0.15, 0.2) is 22.9 Å². The fourth-order valence-electron chi connectivity index (χ4n) is 6.47. The van der Waals surface area contributed by atoms with E-state index in [9.17, 15) is 56.6 Å². The van der Waals surface area contributed by atoms with Gasteiger partial charge < -0.3 is 30.6 Å². The van der Waals surface area contributed by atoms with E-state index in [0.717, 1.165) is 12.1 Å². The van der Waals surface area contributed by atoms with Crippen LogP contribution >= 0.6 is 0 Å². The van der Waals surface area contributed by atoms with Gasteiger partial charge in [0.1, 0.15) is 21.2 Å². The van der Waals surface area contributed by atoms with Crippen LogP contribution in [0.4, 0.5) is 22.7 Å². The summed E-state index contributed by atoms with van der Waals surface area (Å²) >= 11 is 0. The standard InChI is InChI=1S/C40H30N4O12S2/c45-19-23-17-29(39(49)36(38(23)48)44-42-31-14-16-34(58(54,55)56)28-8-4-2-6-26(28)31)21-9-11-22(12-10-21)35-37(47)24(20-46)18-32(40(35)50)43-41-30-13-15-33(57(51,52)53)27-7-3-1-5-25(27)30/h1-18,45-50H,19-20H2,(H,51,52,53)(H,54,55,56). The first-order valence-electron chi connectivity index (χ1n) is 16.9. The second-order valence-electron chi connectivity index (χ2n) is 12.8. The van der Waals surface area contributed by atoms with Gasteiger partial charge in [-0.25, -0.2) is 0 Å². The molecule has 58 heavy (non-hydrogen) atoms. The number of rotatable bonds is 10. The molecule has 0 atom stereocenters. The zero-order chi connectivity index (χ0) is 41.5. The predicted molar refractivity (Wildman–Crippen MR) is 212 cm³/mol. The third-order valence-electron chi connectivity index (χ3n) is 9.28. The van der Waals surface area contributed by atoms with E-state index in [4.69, 9.17) is 0 Å². The quantitative estimate of drug-likeness (QED) is 0.0476. The van der Waals surface area contributed by atoms with Gasteiger partial charge in [-0.15, -0.1) is 20.5 Å². The van der Waals surface area contributed by atoms with Crippen LogP contribution in [0.1, 0.15) is 11.1 Å². The first-order valence-corrected chi connectivity index (χ1v) is 19.8. The molecule has 0 radical (unpaired) electrons. The van der Waals surface area contributed by atoms with Crippen molar-refractivity contribution in [3.63, 3.8) is 0 Å². The van der Waals surface area contributed by atoms with Crippen LogP contribution in [-0.4, -0.2) is 56.6 Å². The Kier molecular flexibility index (Phi) is 10.4. The summed E-state index contributed by atoms with van der Waals surface area (Å²) in [6.45, 7) is -1.33. The smallest absolute Gasteiger partial charge is 0.295 e. The molecule has 16 nitrogen and oxygen atoms in total. The monoisotopic (exact) mass is 822 g/mol. The van der Waals surface area contributed by atoms with Crippen LogP contribution in [0.3, 0.4) is 0 Å². The summed E-state index contributed by atoms with van der Waals surface area (Å²) in [7, 11) is -9.14. The number of hydrogen-bond donors (Lipinski definition) is 8. The lowest BCUT2D eigenvalue weighted by Crippen LogP contribution is -1.98. The molecule has 294 valence electrons. The van der Waals surface area contributed by atoms with Crippen LogP contribution in [0.5, 0.6) is 23.0 Å². The first-order chi connectivity index (χ1) is 27.6. The van der Waals surface area contributed by atoms with Crippen LogP contribution in [0.25, 0.3) is 43.8 Å². The molecule has 0 heterocycles. The molecule has 0 unspecified atom stereocenters. The predicted octanol–water partition coefficient (Wildman–Crippen LogP) is 8.46. The van der Waals surface area contributed by atoms with Gasteiger partial charge in [0.25, 0.3) is 20.2 Å². The highest BCUT2D eigenvalue weighted by Crippen LogP contribution is 2.49. The minimum atomic E-state index is -4.58. The molecule has 0 aromatic heterocycles. The lowest BCUT2D eigenvalue weighted by Gasteiger charge is -2.15. The summed E-state index contributed by atoms with van der Waals surface area (Å²) < 4.78 is 67.1. The summed E-state index contributed by atoms with van der Waals surface area (Å²) in [6, 6.07) is 25.8. The van der Waals surface area contributed by atoms with Crippen molar-refractivity contribution in [3.8, 4) is 45.3 Å². The molecule has 0 fully saturated rings. The Morgan fingerprint density at radius 3 is 1.40 bits per heavy atom. The fourth-order valence-corrected chi connectivity index (χ4v) is 7.87. The average Bonchev–Trinajstić information content (AvgIpc) is 3.20. The van der Waals surface area contributed by atoms with Gasteiger partial charge in [-0.1, -0.05) is 72.8 Å². The molecular weight excluding hydrogens is 793 g/mol. The molecule has 7 rings (SSSR count). The number of fused-ring (bicyclic) bond motifs is 2. The van der Waals surface area contributed by atoms with E-state index in [1.807, 2.05) is 0 Å². The maximum absolute atomic E-state index is 11.9. The molecule has 0 aliphatic rings. The van der Waals surface area contributed by atoms with Gasteiger partial charge in [-0.05, 0) is 47.5 Å². The Hall–Kier alpha value is -6.80. The van der Waals surface area contributed by atoms with Crippen LogP contribution in [-0.2, 0) is 33.5 Å². The van der Waals surface area contributed by atoms with E-state index in [-0.39, 0.29) is 65.4 Å². The number of azo groups is 2. The Bertz CT molecular complexity index is 3080. The summed E-state index contributed by atoms with van der Waals surface area (Å²) in [4.78, 5) is -0.692. The zero-order valence-corrected chi connectivity index (χ0v) is 31.3. The van der Waals surface area contributed by atoms with Gasteiger partial charge >= 0.3 is 0 Å². The Labute approximate surface area is 329 Å². The molecule has 7 aromatic rings. The highest BCUT2D eigenvalue weighted by Gasteiger charge is 2.23. The van der Waals surface area contributed by atoms with Crippen LogP contribution in [0.2, 0.25) is 0 Å². The van der Waals surface area contributed by atoms with Crippen LogP contribution in [0, 0.1) is 0 Å². The molecule has 0 aliphatic carbocycles. The average molecular weight is 823 g/mol. The van der Waals surface area contributed by atoms with Crippen molar-refractivity contribution in [3.05, 3.63) is 120 Å². The first kappa shape index (κ1) is 39.4. The van der Waals surface area contributed by atoms with Gasteiger partial charge in [-0.2, -0.15) is 16.8 Å². The van der Waals surface area contributed by atoms with Gasteiger partial charge in [0.05, 0.1) is 30.2 Å².